The van der Waals surface area contributed by atoms with Gasteiger partial charge in [-0.2, -0.15) is 4.99 Å². The van der Waals surface area contributed by atoms with Crippen LogP contribution in [0, 0.1) is 0 Å². The van der Waals surface area contributed by atoms with Gasteiger partial charge in [-0.3, -0.25) is 4.79 Å². The van der Waals surface area contributed by atoms with Gasteiger partial charge in [-0.1, -0.05) is 44.2 Å². The van der Waals surface area contributed by atoms with Gasteiger partial charge in [-0.25, -0.2) is 8.42 Å². The number of sulfone groups is 1. The topological polar surface area (TPSA) is 66.8 Å². The molecule has 2 fully saturated rings. The van der Waals surface area contributed by atoms with Crippen LogP contribution in [0.3, 0.4) is 0 Å². The molecule has 1 aromatic rings. The number of aliphatic imine (C=N–C) groups is 1. The first-order valence-electron chi connectivity index (χ1n) is 9.30. The van der Waals surface area contributed by atoms with Crippen molar-refractivity contribution in [3.8, 4) is 0 Å². The van der Waals surface area contributed by atoms with Crippen LogP contribution >= 0.6 is 11.8 Å². The first-order valence-corrected chi connectivity index (χ1v) is 12.0. The van der Waals surface area contributed by atoms with Crippen molar-refractivity contribution in [2.75, 3.05) is 16.4 Å². The molecule has 0 unspecified atom stereocenters. The van der Waals surface area contributed by atoms with Gasteiger partial charge in [0.05, 0.1) is 17.5 Å². The third-order valence-corrected chi connectivity index (χ3v) is 7.99. The van der Waals surface area contributed by atoms with Crippen molar-refractivity contribution in [3.63, 3.8) is 0 Å². The summed E-state index contributed by atoms with van der Waals surface area (Å²) in [5.41, 5.74) is 2.20. The number of amidine groups is 1. The van der Waals surface area contributed by atoms with Gasteiger partial charge in [0.1, 0.15) is 0 Å². The Bertz CT molecular complexity index is 788. The molecule has 3 rings (SSSR count). The van der Waals surface area contributed by atoms with Crippen molar-refractivity contribution in [2.24, 2.45) is 4.99 Å². The minimum Gasteiger partial charge on any atom is -0.316 e. The maximum absolute atomic E-state index is 12.1. The molecule has 0 aliphatic carbocycles. The second-order valence-corrected chi connectivity index (χ2v) is 10.3. The summed E-state index contributed by atoms with van der Waals surface area (Å²) in [6.45, 7) is 4.13. The van der Waals surface area contributed by atoms with Crippen LogP contribution in [0.1, 0.15) is 45.1 Å². The Morgan fingerprint density at radius 1 is 1.19 bits per heavy atom. The molecule has 0 N–H and O–H groups in total. The summed E-state index contributed by atoms with van der Waals surface area (Å²) < 4.78 is 24.2. The third-order valence-electron chi connectivity index (χ3n) is 4.78. The summed E-state index contributed by atoms with van der Waals surface area (Å²) >= 11 is 1.43. The molecule has 0 bridgehead atoms. The molecule has 0 saturated carbocycles. The van der Waals surface area contributed by atoms with Gasteiger partial charge in [0.25, 0.3) is 0 Å². The molecule has 1 amide bonds. The number of hydrogen-bond donors (Lipinski definition) is 0. The van der Waals surface area contributed by atoms with E-state index in [-0.39, 0.29) is 28.7 Å². The number of benzene rings is 1. The minimum absolute atomic E-state index is 0.0482. The van der Waals surface area contributed by atoms with E-state index >= 15 is 0 Å². The maximum atomic E-state index is 12.1. The third kappa shape index (κ3) is 4.31. The lowest BCUT2D eigenvalue weighted by Gasteiger charge is -2.24. The van der Waals surface area contributed by atoms with E-state index < -0.39 is 9.84 Å². The molecule has 2 aliphatic rings. The zero-order valence-electron chi connectivity index (χ0n) is 15.3. The van der Waals surface area contributed by atoms with E-state index in [1.165, 1.54) is 17.3 Å². The Morgan fingerprint density at radius 3 is 2.58 bits per heavy atom. The van der Waals surface area contributed by atoms with Crippen molar-refractivity contribution in [1.82, 2.24) is 0 Å². The number of nitrogens with zero attached hydrogens (tertiary/aromatic N) is 2. The number of thioether (sulfide) groups is 1. The second kappa shape index (κ2) is 8.13. The Kier molecular flexibility index (Phi) is 6.07. The number of carbonyl (C=O) groups is 1. The first-order chi connectivity index (χ1) is 12.4. The zero-order chi connectivity index (χ0) is 18.7. The fourth-order valence-electron chi connectivity index (χ4n) is 3.45. The maximum Gasteiger partial charge on any atom is 0.248 e. The van der Waals surface area contributed by atoms with Gasteiger partial charge in [-0.05, 0) is 37.0 Å². The van der Waals surface area contributed by atoms with Gasteiger partial charge in [0.15, 0.2) is 15.0 Å². The first kappa shape index (κ1) is 19.4. The van der Waals surface area contributed by atoms with E-state index in [1.807, 2.05) is 24.0 Å². The number of rotatable bonds is 6. The van der Waals surface area contributed by atoms with Crippen molar-refractivity contribution >= 4 is 38.4 Å². The molecule has 2 atom stereocenters. The molecule has 0 spiro atoms. The number of anilines is 1. The zero-order valence-corrected chi connectivity index (χ0v) is 17.0. The van der Waals surface area contributed by atoms with Crippen LogP contribution in [0.2, 0.25) is 0 Å². The lowest BCUT2D eigenvalue weighted by Crippen LogP contribution is -2.37. The molecule has 2 heterocycles. The molecular formula is C19H26N2O3S2. The van der Waals surface area contributed by atoms with Gasteiger partial charge in [-0.15, -0.1) is 0 Å². The molecule has 142 valence electrons. The monoisotopic (exact) mass is 394 g/mol. The number of carbonyl (C=O) groups excluding carboxylic acids is 1. The van der Waals surface area contributed by atoms with Crippen molar-refractivity contribution < 1.29 is 13.2 Å². The number of fused-ring (bicyclic) bond motifs is 1. The summed E-state index contributed by atoms with van der Waals surface area (Å²) in [4.78, 5) is 18.3. The largest absolute Gasteiger partial charge is 0.316 e. The summed E-state index contributed by atoms with van der Waals surface area (Å²) in [5, 5.41) is 0.600. The molecule has 1 aromatic carbocycles. The molecule has 2 saturated heterocycles. The molecular weight excluding hydrogens is 368 g/mol. The average Bonchev–Trinajstić information content (AvgIpc) is 3.04. The van der Waals surface area contributed by atoms with Gasteiger partial charge in [0.2, 0.25) is 5.91 Å². The average molecular weight is 395 g/mol. The van der Waals surface area contributed by atoms with Crippen molar-refractivity contribution in [2.45, 2.75) is 57.2 Å². The van der Waals surface area contributed by atoms with E-state index in [4.69, 9.17) is 0 Å². The predicted octanol–water partition coefficient (Wildman–Crippen LogP) is 3.43. The van der Waals surface area contributed by atoms with E-state index in [0.29, 0.717) is 11.6 Å². The Balaban J connectivity index is 1.89. The van der Waals surface area contributed by atoms with E-state index in [0.717, 1.165) is 31.4 Å². The smallest absolute Gasteiger partial charge is 0.248 e. The second-order valence-electron chi connectivity index (χ2n) is 6.98. The SMILES string of the molecule is CCCCc1ccc(N2C(=NC(=O)CCC)S[C@@H]3CS(=O)(=O)C[C@H]32)cc1. The van der Waals surface area contributed by atoms with E-state index in [9.17, 15) is 13.2 Å². The van der Waals surface area contributed by atoms with Gasteiger partial charge < -0.3 is 4.90 Å². The standard InChI is InChI=1S/C19H26N2O3S2/c1-3-5-7-14-8-10-15(11-9-14)21-16-12-26(23,24)13-17(16)25-19(21)20-18(22)6-4-2/h8-11,16-17H,3-7,12-13H2,1-2H3/t16-,17-/m1/s1. The number of hydrogen-bond acceptors (Lipinski definition) is 4. The number of amides is 1. The fourth-order valence-corrected chi connectivity index (χ4v) is 7.38. The van der Waals surface area contributed by atoms with E-state index in [2.05, 4.69) is 24.0 Å². The molecule has 26 heavy (non-hydrogen) atoms. The molecule has 0 aromatic heterocycles. The van der Waals surface area contributed by atoms with Crippen LogP contribution in [0.4, 0.5) is 5.69 Å². The van der Waals surface area contributed by atoms with Crippen LogP contribution in [0.25, 0.3) is 0 Å². The van der Waals surface area contributed by atoms with Crippen LogP contribution < -0.4 is 4.90 Å². The highest BCUT2D eigenvalue weighted by Crippen LogP contribution is 2.41. The van der Waals surface area contributed by atoms with Crippen LogP contribution in [0.5, 0.6) is 0 Å². The van der Waals surface area contributed by atoms with Crippen molar-refractivity contribution in [1.29, 1.82) is 0 Å². The number of aryl methyl sites for hydroxylation is 1. The highest BCUT2D eigenvalue weighted by atomic mass is 32.2. The lowest BCUT2D eigenvalue weighted by atomic mass is 10.1. The lowest BCUT2D eigenvalue weighted by molar-refractivity contribution is -0.117. The quantitative estimate of drug-likeness (QED) is 0.739. The predicted molar refractivity (Wildman–Crippen MR) is 109 cm³/mol. The normalized spacial score (nSPS) is 25.6. The number of unbranched alkanes of at least 4 members (excludes halogenated alkanes) is 1. The highest BCUT2D eigenvalue weighted by molar-refractivity contribution is 8.16. The Labute approximate surface area is 160 Å². The van der Waals surface area contributed by atoms with Gasteiger partial charge >= 0.3 is 0 Å². The summed E-state index contributed by atoms with van der Waals surface area (Å²) in [6, 6.07) is 8.10. The fraction of sp³-hybridized carbons (Fsp3) is 0.579. The molecule has 5 nitrogen and oxygen atoms in total. The summed E-state index contributed by atoms with van der Waals surface area (Å²) in [5.74, 6) is 0.153. The Hall–Kier alpha value is -1.34. The van der Waals surface area contributed by atoms with Crippen LogP contribution in [-0.4, -0.2) is 42.3 Å². The minimum atomic E-state index is -3.03. The molecule has 2 aliphatic heterocycles. The van der Waals surface area contributed by atoms with Gasteiger partial charge in [0, 0.05) is 17.4 Å². The highest BCUT2D eigenvalue weighted by Gasteiger charge is 2.49. The Morgan fingerprint density at radius 2 is 1.92 bits per heavy atom. The van der Waals surface area contributed by atoms with Crippen LogP contribution in [0.15, 0.2) is 29.3 Å². The van der Waals surface area contributed by atoms with Crippen LogP contribution in [-0.2, 0) is 21.1 Å². The van der Waals surface area contributed by atoms with Crippen molar-refractivity contribution in [3.05, 3.63) is 29.8 Å². The molecule has 7 heteroatoms. The molecule has 0 radical (unpaired) electrons. The summed E-state index contributed by atoms with van der Waals surface area (Å²) in [6.07, 6.45) is 4.53. The van der Waals surface area contributed by atoms with E-state index in [1.54, 1.807) is 0 Å². The summed E-state index contributed by atoms with van der Waals surface area (Å²) in [7, 11) is -3.03.